The molecule has 9 heteroatoms. The van der Waals surface area contributed by atoms with Crippen LogP contribution in [-0.4, -0.2) is 37.7 Å². The van der Waals surface area contributed by atoms with E-state index < -0.39 is 16.1 Å². The normalized spacial score (nSPS) is 12.9. The Morgan fingerprint density at radius 2 is 1.96 bits per heavy atom. The molecular formula is C14H18N4O4S. The predicted octanol–water partition coefficient (Wildman–Crippen LogP) is 1.35. The molecule has 2 rings (SSSR count). The van der Waals surface area contributed by atoms with Gasteiger partial charge in [-0.1, -0.05) is 0 Å². The Morgan fingerprint density at radius 1 is 1.30 bits per heavy atom. The summed E-state index contributed by atoms with van der Waals surface area (Å²) in [7, 11) is -2.07. The van der Waals surface area contributed by atoms with Crippen LogP contribution < -0.4 is 10.0 Å². The molecule has 1 atom stereocenters. The van der Waals surface area contributed by atoms with Gasteiger partial charge < -0.3 is 10.2 Å². The highest BCUT2D eigenvalue weighted by Gasteiger charge is 2.18. The van der Waals surface area contributed by atoms with Crippen molar-refractivity contribution >= 4 is 21.5 Å². The van der Waals surface area contributed by atoms with Crippen LogP contribution in [0.4, 0.5) is 5.69 Å². The molecule has 0 radical (unpaired) electrons. The minimum absolute atomic E-state index is 0.170. The third-order valence-electron chi connectivity index (χ3n) is 3.26. The van der Waals surface area contributed by atoms with Crippen molar-refractivity contribution in [2.45, 2.75) is 19.9 Å². The zero-order valence-electron chi connectivity index (χ0n) is 13.3. The lowest BCUT2D eigenvalue weighted by molar-refractivity contribution is 0.101. The van der Waals surface area contributed by atoms with Gasteiger partial charge in [-0.15, -0.1) is 10.2 Å². The van der Waals surface area contributed by atoms with Gasteiger partial charge in [0, 0.05) is 18.2 Å². The Kier molecular flexibility index (Phi) is 4.53. The Labute approximate surface area is 134 Å². The number of nitrogens with zero attached hydrogens (tertiary/aromatic N) is 3. The van der Waals surface area contributed by atoms with Gasteiger partial charge in [0.15, 0.2) is 5.78 Å². The molecular weight excluding hydrogens is 320 g/mol. The number of anilines is 1. The van der Waals surface area contributed by atoms with Gasteiger partial charge in [-0.2, -0.15) is 0 Å². The van der Waals surface area contributed by atoms with E-state index in [1.807, 2.05) is 0 Å². The van der Waals surface area contributed by atoms with Crippen molar-refractivity contribution in [2.75, 3.05) is 17.6 Å². The molecule has 2 N–H and O–H groups in total. The summed E-state index contributed by atoms with van der Waals surface area (Å²) in [4.78, 5) is 11.7. The Bertz CT molecular complexity index is 842. The van der Waals surface area contributed by atoms with E-state index >= 15 is 0 Å². The van der Waals surface area contributed by atoms with E-state index in [1.165, 1.54) is 20.0 Å². The minimum Gasteiger partial charge on any atom is -0.419 e. The van der Waals surface area contributed by atoms with Crippen molar-refractivity contribution in [2.24, 2.45) is 5.73 Å². The number of sulfonamides is 1. The van der Waals surface area contributed by atoms with Gasteiger partial charge in [0.2, 0.25) is 21.8 Å². The van der Waals surface area contributed by atoms with Crippen LogP contribution in [0.15, 0.2) is 22.6 Å². The summed E-state index contributed by atoms with van der Waals surface area (Å²) in [6, 6.07) is 4.20. The lowest BCUT2D eigenvalue weighted by Crippen LogP contribution is -2.25. The zero-order chi connectivity index (χ0) is 17.4. The average molecular weight is 338 g/mol. The largest absolute Gasteiger partial charge is 0.419 e. The van der Waals surface area contributed by atoms with Crippen LogP contribution in [0.5, 0.6) is 0 Å². The zero-order valence-corrected chi connectivity index (χ0v) is 14.1. The van der Waals surface area contributed by atoms with Crippen molar-refractivity contribution in [3.63, 3.8) is 0 Å². The monoisotopic (exact) mass is 338 g/mol. The molecule has 0 saturated heterocycles. The lowest BCUT2D eigenvalue weighted by atomic mass is 10.1. The van der Waals surface area contributed by atoms with Crippen molar-refractivity contribution in [1.29, 1.82) is 0 Å². The summed E-state index contributed by atoms with van der Waals surface area (Å²) in [5.41, 5.74) is 6.80. The van der Waals surface area contributed by atoms with Crippen LogP contribution in [0.25, 0.3) is 11.5 Å². The molecule has 1 heterocycles. The number of hydrogen-bond donors (Lipinski definition) is 1. The Morgan fingerprint density at radius 3 is 2.43 bits per heavy atom. The number of hydrogen-bond acceptors (Lipinski definition) is 7. The van der Waals surface area contributed by atoms with Crippen LogP contribution >= 0.6 is 0 Å². The van der Waals surface area contributed by atoms with Gasteiger partial charge in [0.1, 0.15) is 0 Å². The molecule has 1 aromatic carbocycles. The lowest BCUT2D eigenvalue weighted by Gasteiger charge is -2.18. The maximum absolute atomic E-state index is 11.7. The number of rotatable bonds is 5. The first kappa shape index (κ1) is 17.1. The smallest absolute Gasteiger partial charge is 0.247 e. The van der Waals surface area contributed by atoms with E-state index in [2.05, 4.69) is 10.2 Å². The highest BCUT2D eigenvalue weighted by Crippen LogP contribution is 2.27. The summed E-state index contributed by atoms with van der Waals surface area (Å²) in [5.74, 6) is 0.219. The first-order valence-corrected chi connectivity index (χ1v) is 8.63. The number of aromatic nitrogens is 2. The summed E-state index contributed by atoms with van der Waals surface area (Å²) in [6.45, 7) is 3.09. The number of ketones is 1. The minimum atomic E-state index is -3.47. The van der Waals surface area contributed by atoms with Crippen LogP contribution in [-0.2, 0) is 10.0 Å². The summed E-state index contributed by atoms with van der Waals surface area (Å²) < 4.78 is 30.0. The summed E-state index contributed by atoms with van der Waals surface area (Å²) in [5, 5.41) is 7.73. The standard InChI is InChI=1S/C14H18N4O4S/c1-8(15)13-16-17-14(22-13)11-5-10(9(2)19)6-12(7-11)18(3)23(4,20)21/h5-8H,15H2,1-4H3/t8-/m0/s1. The van der Waals surface area contributed by atoms with Gasteiger partial charge in [-0.3, -0.25) is 9.10 Å². The van der Waals surface area contributed by atoms with E-state index in [0.29, 0.717) is 16.8 Å². The predicted molar refractivity (Wildman–Crippen MR) is 85.6 cm³/mol. The molecule has 0 unspecified atom stereocenters. The number of benzene rings is 1. The molecule has 0 spiro atoms. The van der Waals surface area contributed by atoms with Crippen LogP contribution in [0.3, 0.4) is 0 Å². The maximum Gasteiger partial charge on any atom is 0.247 e. The second-order valence-electron chi connectivity index (χ2n) is 5.29. The van der Waals surface area contributed by atoms with E-state index in [4.69, 9.17) is 10.2 Å². The van der Waals surface area contributed by atoms with Gasteiger partial charge in [-0.25, -0.2) is 8.42 Å². The molecule has 0 aliphatic heterocycles. The SMILES string of the molecule is CC(=O)c1cc(-c2nnc([C@H](C)N)o2)cc(N(C)S(C)(=O)=O)c1. The fourth-order valence-electron chi connectivity index (χ4n) is 1.85. The van der Waals surface area contributed by atoms with E-state index in [9.17, 15) is 13.2 Å². The van der Waals surface area contributed by atoms with Crippen molar-refractivity contribution in [3.05, 3.63) is 29.7 Å². The van der Waals surface area contributed by atoms with Crippen LogP contribution in [0, 0.1) is 0 Å². The number of carbonyl (C=O) groups is 1. The van der Waals surface area contributed by atoms with Gasteiger partial charge in [-0.05, 0) is 32.0 Å². The van der Waals surface area contributed by atoms with Crippen LogP contribution in [0.1, 0.15) is 36.1 Å². The molecule has 0 bridgehead atoms. The highest BCUT2D eigenvalue weighted by molar-refractivity contribution is 7.92. The molecule has 124 valence electrons. The third-order valence-corrected chi connectivity index (χ3v) is 4.47. The molecule has 0 saturated carbocycles. The summed E-state index contributed by atoms with van der Waals surface area (Å²) in [6.07, 6.45) is 1.08. The topological polar surface area (TPSA) is 119 Å². The van der Waals surface area contributed by atoms with E-state index in [1.54, 1.807) is 19.1 Å². The molecule has 1 aromatic heterocycles. The summed E-state index contributed by atoms with van der Waals surface area (Å²) >= 11 is 0. The molecule has 0 aliphatic carbocycles. The molecule has 0 fully saturated rings. The number of Topliss-reactive ketones (excluding diaryl/α,β-unsaturated/α-hetero) is 1. The average Bonchev–Trinajstić information content (AvgIpc) is 2.95. The van der Waals surface area contributed by atoms with Gasteiger partial charge >= 0.3 is 0 Å². The maximum atomic E-state index is 11.7. The number of carbonyl (C=O) groups excluding carboxylic acids is 1. The molecule has 2 aromatic rings. The quantitative estimate of drug-likeness (QED) is 0.817. The second kappa shape index (κ2) is 6.09. The number of nitrogens with two attached hydrogens (primary N) is 1. The highest BCUT2D eigenvalue weighted by atomic mass is 32.2. The van der Waals surface area contributed by atoms with Crippen molar-refractivity contribution in [3.8, 4) is 11.5 Å². The molecule has 0 amide bonds. The molecule has 0 aliphatic rings. The van der Waals surface area contributed by atoms with E-state index in [-0.39, 0.29) is 17.6 Å². The van der Waals surface area contributed by atoms with Gasteiger partial charge in [0.05, 0.1) is 18.0 Å². The van der Waals surface area contributed by atoms with Crippen LogP contribution in [0.2, 0.25) is 0 Å². The van der Waals surface area contributed by atoms with Crippen molar-refractivity contribution in [1.82, 2.24) is 10.2 Å². The second-order valence-corrected chi connectivity index (χ2v) is 7.30. The van der Waals surface area contributed by atoms with Gasteiger partial charge in [0.25, 0.3) is 0 Å². The van der Waals surface area contributed by atoms with Crippen molar-refractivity contribution < 1.29 is 17.6 Å². The first-order valence-electron chi connectivity index (χ1n) is 6.79. The first-order chi connectivity index (χ1) is 10.6. The fourth-order valence-corrected chi connectivity index (χ4v) is 2.33. The Balaban J connectivity index is 2.59. The molecule has 8 nitrogen and oxygen atoms in total. The fraction of sp³-hybridized carbons (Fsp3) is 0.357. The Hall–Kier alpha value is -2.26. The third kappa shape index (κ3) is 3.74. The molecule has 23 heavy (non-hydrogen) atoms. The van der Waals surface area contributed by atoms with E-state index in [0.717, 1.165) is 10.6 Å².